The van der Waals surface area contributed by atoms with Crippen LogP contribution in [0.25, 0.3) is 12.2 Å². The van der Waals surface area contributed by atoms with Crippen LogP contribution in [0.4, 0.5) is 0 Å². The van der Waals surface area contributed by atoms with Crippen molar-refractivity contribution in [3.05, 3.63) is 81.9 Å². The minimum Gasteiger partial charge on any atom is -0.454 e. The quantitative estimate of drug-likeness (QED) is 0.534. The van der Waals surface area contributed by atoms with Gasteiger partial charge < -0.3 is 4.12 Å². The molecule has 0 radical (unpaired) electrons. The molecule has 1 heterocycles. The van der Waals surface area contributed by atoms with Gasteiger partial charge in [-0.25, -0.2) is 0 Å². The van der Waals surface area contributed by atoms with E-state index in [9.17, 15) is 0 Å². The molecule has 25 heavy (non-hydrogen) atoms. The number of benzene rings is 2. The summed E-state index contributed by atoms with van der Waals surface area (Å²) in [5.74, 6) is 0. The zero-order valence-corrected chi connectivity index (χ0v) is 17.3. The van der Waals surface area contributed by atoms with E-state index < -0.39 is 16.6 Å². The van der Waals surface area contributed by atoms with Gasteiger partial charge in [-0.1, -0.05) is 60.7 Å². The summed E-state index contributed by atoms with van der Waals surface area (Å²) in [6.45, 7) is 9.71. The van der Waals surface area contributed by atoms with E-state index in [0.29, 0.717) is 11.1 Å². The van der Waals surface area contributed by atoms with Gasteiger partial charge >= 0.3 is 0 Å². The molecule has 2 aliphatic carbocycles. The predicted molar refractivity (Wildman–Crippen MR) is 110 cm³/mol. The highest BCUT2D eigenvalue weighted by molar-refractivity contribution is 6.87. The van der Waals surface area contributed by atoms with Crippen molar-refractivity contribution in [2.45, 2.75) is 37.3 Å². The molecule has 2 aromatic rings. The lowest BCUT2D eigenvalue weighted by Gasteiger charge is -2.38. The monoisotopic (exact) mass is 360 g/mol. The molecule has 2 atom stereocenters. The fourth-order valence-electron chi connectivity index (χ4n) is 5.44. The minimum absolute atomic E-state index is 0.459. The van der Waals surface area contributed by atoms with Gasteiger partial charge in [-0.15, -0.1) is 0 Å². The van der Waals surface area contributed by atoms with Crippen LogP contribution in [0.3, 0.4) is 0 Å². The van der Waals surface area contributed by atoms with E-state index in [0.717, 1.165) is 0 Å². The Kier molecular flexibility index (Phi) is 3.07. The third kappa shape index (κ3) is 2.09. The van der Waals surface area contributed by atoms with E-state index in [-0.39, 0.29) is 0 Å². The van der Waals surface area contributed by atoms with Gasteiger partial charge in [0, 0.05) is 11.1 Å². The summed E-state index contributed by atoms with van der Waals surface area (Å²) in [6, 6.07) is 17.8. The lowest BCUT2D eigenvalue weighted by molar-refractivity contribution is 0.529. The molecule has 1 aliphatic heterocycles. The Morgan fingerprint density at radius 1 is 0.640 bits per heavy atom. The number of allylic oxidation sites excluding steroid dienone is 2. The summed E-state index contributed by atoms with van der Waals surface area (Å²) in [7, 11) is -3.78. The van der Waals surface area contributed by atoms with E-state index in [4.69, 9.17) is 4.12 Å². The zero-order valence-electron chi connectivity index (χ0n) is 15.3. The van der Waals surface area contributed by atoms with Crippen LogP contribution in [0.5, 0.6) is 0 Å². The Labute approximate surface area is 152 Å². The van der Waals surface area contributed by atoms with Crippen LogP contribution >= 0.6 is 0 Å². The molecule has 1 nitrogen and oxygen atoms in total. The first-order valence-corrected chi connectivity index (χ1v) is 15.2. The maximum absolute atomic E-state index is 7.12. The molecule has 2 aromatic carbocycles. The number of fused-ring (bicyclic) bond motifs is 7. The molecule has 0 bridgehead atoms. The second-order valence-electron chi connectivity index (χ2n) is 8.63. The molecular formula is C22H24OSi2. The highest BCUT2D eigenvalue weighted by Gasteiger charge is 2.54. The van der Waals surface area contributed by atoms with E-state index in [1.807, 2.05) is 0 Å². The first-order chi connectivity index (χ1) is 11.9. The Morgan fingerprint density at radius 3 is 1.48 bits per heavy atom. The first kappa shape index (κ1) is 15.6. The third-order valence-corrected chi connectivity index (χ3v) is 14.3. The van der Waals surface area contributed by atoms with E-state index in [1.165, 1.54) is 33.4 Å². The van der Waals surface area contributed by atoms with Gasteiger partial charge in [-0.05, 0) is 59.6 Å². The Hall–Kier alpha value is -1.69. The molecule has 0 spiro atoms. The largest absolute Gasteiger partial charge is 0.454 e. The predicted octanol–water partition coefficient (Wildman–Crippen LogP) is 5.87. The topological polar surface area (TPSA) is 9.23 Å². The molecule has 5 rings (SSSR count). The lowest BCUT2D eigenvalue weighted by atomic mass is 10.0. The van der Waals surface area contributed by atoms with Crippen molar-refractivity contribution in [1.29, 1.82) is 0 Å². The van der Waals surface area contributed by atoms with Crippen molar-refractivity contribution in [2.24, 2.45) is 0 Å². The van der Waals surface area contributed by atoms with Crippen LogP contribution in [-0.2, 0) is 4.12 Å². The smallest absolute Gasteiger partial charge is 0.185 e. The van der Waals surface area contributed by atoms with Gasteiger partial charge in [0.15, 0.2) is 16.6 Å². The van der Waals surface area contributed by atoms with Crippen LogP contribution in [0, 0.1) is 0 Å². The minimum atomic E-state index is -1.89. The maximum Gasteiger partial charge on any atom is 0.185 e. The van der Waals surface area contributed by atoms with Gasteiger partial charge in [0.25, 0.3) is 0 Å². The Balaban J connectivity index is 1.78. The van der Waals surface area contributed by atoms with Crippen molar-refractivity contribution < 1.29 is 4.12 Å². The molecule has 3 heteroatoms. The van der Waals surface area contributed by atoms with E-state index in [2.05, 4.69) is 86.9 Å². The third-order valence-electron chi connectivity index (χ3n) is 6.11. The normalized spacial score (nSPS) is 27.4. The van der Waals surface area contributed by atoms with Crippen LogP contribution in [0.1, 0.15) is 33.3 Å². The summed E-state index contributed by atoms with van der Waals surface area (Å²) in [5.41, 5.74) is 9.75. The van der Waals surface area contributed by atoms with Gasteiger partial charge in [0.05, 0.1) is 0 Å². The zero-order chi connectivity index (χ0) is 17.4. The van der Waals surface area contributed by atoms with E-state index in [1.54, 1.807) is 0 Å². The number of hydrogen-bond donors (Lipinski definition) is 0. The Bertz CT molecular complexity index is 875. The van der Waals surface area contributed by atoms with Crippen LogP contribution in [0.2, 0.25) is 26.2 Å². The Morgan fingerprint density at radius 2 is 1.04 bits per heavy atom. The lowest BCUT2D eigenvalue weighted by Crippen LogP contribution is -2.49. The highest BCUT2D eigenvalue weighted by Crippen LogP contribution is 2.57. The molecule has 0 saturated carbocycles. The van der Waals surface area contributed by atoms with Gasteiger partial charge in [-0.3, -0.25) is 0 Å². The summed E-state index contributed by atoms with van der Waals surface area (Å²) in [4.78, 5) is 0. The molecule has 1 fully saturated rings. The molecule has 0 N–H and O–H groups in total. The maximum atomic E-state index is 7.12. The average Bonchev–Trinajstić information content (AvgIpc) is 3.11. The van der Waals surface area contributed by atoms with Crippen molar-refractivity contribution in [1.82, 2.24) is 0 Å². The fraction of sp³-hybridized carbons (Fsp3) is 0.273. The summed E-state index contributed by atoms with van der Waals surface area (Å²) >= 11 is 0. The van der Waals surface area contributed by atoms with Crippen molar-refractivity contribution in [2.75, 3.05) is 0 Å². The second kappa shape index (κ2) is 4.94. The molecule has 0 amide bonds. The van der Waals surface area contributed by atoms with Crippen molar-refractivity contribution >= 4 is 28.8 Å². The molecule has 2 unspecified atom stereocenters. The fourth-order valence-corrected chi connectivity index (χ4v) is 15.8. The van der Waals surface area contributed by atoms with Crippen LogP contribution < -0.4 is 0 Å². The van der Waals surface area contributed by atoms with E-state index >= 15 is 0 Å². The molecule has 0 aromatic heterocycles. The first-order valence-electron chi connectivity index (χ1n) is 9.20. The summed E-state index contributed by atoms with van der Waals surface area (Å²) in [6.07, 6.45) is 4.91. The number of hydrogen-bond acceptors (Lipinski definition) is 1. The number of rotatable bonds is 0. The summed E-state index contributed by atoms with van der Waals surface area (Å²) < 4.78 is 7.12. The standard InChI is InChI=1S/C22H24OSi2/c1-24(2)21-17-11-7-5-9-15(17)13-19(21)20-14-16-10-6-8-12-18(16)22(20)25(3,4)23-24/h5-14,21-22H,1-4H3. The van der Waals surface area contributed by atoms with Gasteiger partial charge in [-0.2, -0.15) is 0 Å². The van der Waals surface area contributed by atoms with Crippen molar-refractivity contribution in [3.63, 3.8) is 0 Å². The van der Waals surface area contributed by atoms with Crippen molar-refractivity contribution in [3.8, 4) is 0 Å². The SMILES string of the molecule is C[Si]1(C)O[Si](C)(C)C2C(=Cc3ccccc32)C2=Cc3ccccc3C21. The highest BCUT2D eigenvalue weighted by atomic mass is 28.4. The van der Waals surface area contributed by atoms with Gasteiger partial charge in [0.2, 0.25) is 0 Å². The van der Waals surface area contributed by atoms with Crippen LogP contribution in [0.15, 0.2) is 59.7 Å². The second-order valence-corrected chi connectivity index (χ2v) is 17.0. The molecule has 1 saturated heterocycles. The average molecular weight is 361 g/mol. The summed E-state index contributed by atoms with van der Waals surface area (Å²) in [5, 5.41) is 0. The molecule has 126 valence electrons. The van der Waals surface area contributed by atoms with Crippen LogP contribution in [-0.4, -0.2) is 16.6 Å². The van der Waals surface area contributed by atoms with Gasteiger partial charge in [0.1, 0.15) is 0 Å². The molecule has 3 aliphatic rings. The molecular weight excluding hydrogens is 336 g/mol.